The number of hydrogen-bond donors (Lipinski definition) is 0. The van der Waals surface area contributed by atoms with Crippen LogP contribution in [-0.2, 0) is 9.53 Å². The zero-order valence-corrected chi connectivity index (χ0v) is 7.92. The third-order valence-electron chi connectivity index (χ3n) is 3.52. The van der Waals surface area contributed by atoms with Crippen molar-refractivity contribution in [2.45, 2.75) is 44.1 Å². The van der Waals surface area contributed by atoms with Crippen molar-refractivity contribution in [3.63, 3.8) is 0 Å². The van der Waals surface area contributed by atoms with E-state index in [1.807, 2.05) is 0 Å². The summed E-state index contributed by atoms with van der Waals surface area (Å²) in [7, 11) is 0. The summed E-state index contributed by atoms with van der Waals surface area (Å²) in [6.45, 7) is 3.44. The van der Waals surface area contributed by atoms with Crippen LogP contribution in [-0.4, -0.2) is 11.6 Å². The molecule has 0 spiro atoms. The van der Waals surface area contributed by atoms with Gasteiger partial charge in [-0.15, -0.1) is 0 Å². The predicted molar refractivity (Wildman–Crippen MR) is 50.2 cm³/mol. The van der Waals surface area contributed by atoms with Crippen molar-refractivity contribution in [2.75, 3.05) is 0 Å². The summed E-state index contributed by atoms with van der Waals surface area (Å²) < 4.78 is 5.52. The molecule has 0 heterocycles. The molecular weight excluding hydrogens is 164 g/mol. The summed E-state index contributed by atoms with van der Waals surface area (Å²) in [6.07, 6.45) is 8.33. The lowest BCUT2D eigenvalue weighted by molar-refractivity contribution is -0.155. The monoisotopic (exact) mass is 180 g/mol. The van der Waals surface area contributed by atoms with Crippen molar-refractivity contribution < 1.29 is 9.53 Å². The van der Waals surface area contributed by atoms with E-state index in [1.54, 1.807) is 0 Å². The standard InChI is InChI=1S/C11H16O2/c1-2-10(12)13-11-7-3-5-9(11)6-4-8-11/h2,9H,1,3-8H2. The molecule has 2 rings (SSSR count). The van der Waals surface area contributed by atoms with Gasteiger partial charge in [0.25, 0.3) is 0 Å². The molecule has 0 aromatic rings. The highest BCUT2D eigenvalue weighted by Crippen LogP contribution is 2.49. The molecule has 0 aliphatic heterocycles. The van der Waals surface area contributed by atoms with Gasteiger partial charge in [0.15, 0.2) is 0 Å². The molecule has 72 valence electrons. The van der Waals surface area contributed by atoms with E-state index in [-0.39, 0.29) is 11.6 Å². The Morgan fingerprint density at radius 3 is 2.54 bits per heavy atom. The second-order valence-corrected chi connectivity index (χ2v) is 4.17. The molecule has 2 saturated carbocycles. The van der Waals surface area contributed by atoms with Gasteiger partial charge in [-0.05, 0) is 44.4 Å². The lowest BCUT2D eigenvalue weighted by Crippen LogP contribution is -2.34. The number of carbonyl (C=O) groups is 1. The van der Waals surface area contributed by atoms with Crippen molar-refractivity contribution >= 4 is 5.97 Å². The van der Waals surface area contributed by atoms with E-state index < -0.39 is 0 Å². The average Bonchev–Trinajstić information content (AvgIpc) is 2.62. The van der Waals surface area contributed by atoms with Crippen LogP contribution in [0, 0.1) is 5.92 Å². The predicted octanol–water partition coefficient (Wildman–Crippen LogP) is 2.44. The van der Waals surface area contributed by atoms with Gasteiger partial charge in [0.1, 0.15) is 5.60 Å². The Morgan fingerprint density at radius 1 is 1.38 bits per heavy atom. The first kappa shape index (κ1) is 8.79. The van der Waals surface area contributed by atoms with Gasteiger partial charge >= 0.3 is 5.97 Å². The van der Waals surface area contributed by atoms with Gasteiger partial charge in [0.2, 0.25) is 0 Å². The second-order valence-electron chi connectivity index (χ2n) is 4.17. The van der Waals surface area contributed by atoms with E-state index in [0.717, 1.165) is 12.8 Å². The largest absolute Gasteiger partial charge is 0.456 e. The van der Waals surface area contributed by atoms with Gasteiger partial charge in [-0.2, -0.15) is 0 Å². The third kappa shape index (κ3) is 1.38. The van der Waals surface area contributed by atoms with Crippen LogP contribution < -0.4 is 0 Å². The fourth-order valence-corrected chi connectivity index (χ4v) is 2.93. The topological polar surface area (TPSA) is 26.3 Å². The van der Waals surface area contributed by atoms with E-state index in [9.17, 15) is 4.79 Å². The molecule has 0 atom stereocenters. The minimum absolute atomic E-state index is 0.0920. The van der Waals surface area contributed by atoms with Gasteiger partial charge in [-0.1, -0.05) is 6.58 Å². The van der Waals surface area contributed by atoms with Crippen LogP contribution in [0.25, 0.3) is 0 Å². The molecule has 0 radical (unpaired) electrons. The van der Waals surface area contributed by atoms with Crippen LogP contribution in [0.5, 0.6) is 0 Å². The molecule has 13 heavy (non-hydrogen) atoms. The first-order valence-electron chi connectivity index (χ1n) is 5.12. The SMILES string of the molecule is C=CC(=O)OC12CCCC1CCC2. The van der Waals surface area contributed by atoms with E-state index in [1.165, 1.54) is 31.8 Å². The molecule has 2 aliphatic rings. The summed E-state index contributed by atoms with van der Waals surface area (Å²) in [6, 6.07) is 0. The fraction of sp³-hybridized carbons (Fsp3) is 0.727. The van der Waals surface area contributed by atoms with Crippen molar-refractivity contribution in [3.8, 4) is 0 Å². The number of ether oxygens (including phenoxy) is 1. The first-order valence-corrected chi connectivity index (χ1v) is 5.12. The summed E-state index contributed by atoms with van der Waals surface area (Å²) in [5, 5.41) is 0. The molecule has 0 N–H and O–H groups in total. The Morgan fingerprint density at radius 2 is 2.00 bits per heavy atom. The average molecular weight is 180 g/mol. The van der Waals surface area contributed by atoms with Crippen molar-refractivity contribution in [1.29, 1.82) is 0 Å². The first-order chi connectivity index (χ1) is 6.27. The maximum atomic E-state index is 11.2. The smallest absolute Gasteiger partial charge is 0.330 e. The molecular formula is C11H16O2. The van der Waals surface area contributed by atoms with Crippen LogP contribution in [0.1, 0.15) is 38.5 Å². The van der Waals surface area contributed by atoms with Gasteiger partial charge in [-0.3, -0.25) is 0 Å². The summed E-state index contributed by atoms with van der Waals surface area (Å²) in [5.74, 6) is 0.394. The molecule has 2 fully saturated rings. The van der Waals surface area contributed by atoms with Gasteiger partial charge in [-0.25, -0.2) is 4.79 Å². The van der Waals surface area contributed by atoms with Crippen molar-refractivity contribution in [2.24, 2.45) is 5.92 Å². The summed E-state index contributed by atoms with van der Waals surface area (Å²) >= 11 is 0. The maximum absolute atomic E-state index is 11.2. The third-order valence-corrected chi connectivity index (χ3v) is 3.52. The van der Waals surface area contributed by atoms with Crippen LogP contribution in [0.2, 0.25) is 0 Å². The number of fused-ring (bicyclic) bond motifs is 1. The fourth-order valence-electron chi connectivity index (χ4n) is 2.93. The molecule has 0 aromatic carbocycles. The Bertz CT molecular complexity index is 222. The van der Waals surface area contributed by atoms with Crippen LogP contribution in [0.4, 0.5) is 0 Å². The van der Waals surface area contributed by atoms with Gasteiger partial charge in [0.05, 0.1) is 0 Å². The molecule has 0 unspecified atom stereocenters. The molecule has 2 nitrogen and oxygen atoms in total. The van der Waals surface area contributed by atoms with E-state index in [0.29, 0.717) is 5.92 Å². The lowest BCUT2D eigenvalue weighted by atomic mass is 9.94. The molecule has 2 heteroatoms. The Balaban J connectivity index is 2.09. The number of esters is 1. The summed E-state index contributed by atoms with van der Waals surface area (Å²) in [4.78, 5) is 11.2. The molecule has 2 aliphatic carbocycles. The lowest BCUT2D eigenvalue weighted by Gasteiger charge is -2.28. The zero-order chi connectivity index (χ0) is 9.31. The van der Waals surface area contributed by atoms with Crippen LogP contribution in [0.15, 0.2) is 12.7 Å². The van der Waals surface area contributed by atoms with Crippen LogP contribution in [0.3, 0.4) is 0 Å². The Hall–Kier alpha value is -0.790. The second kappa shape index (κ2) is 3.17. The van der Waals surface area contributed by atoms with E-state index >= 15 is 0 Å². The van der Waals surface area contributed by atoms with Crippen molar-refractivity contribution in [1.82, 2.24) is 0 Å². The minimum atomic E-state index is -0.242. The highest BCUT2D eigenvalue weighted by molar-refractivity contribution is 5.81. The minimum Gasteiger partial charge on any atom is -0.456 e. The molecule has 0 saturated heterocycles. The maximum Gasteiger partial charge on any atom is 0.330 e. The van der Waals surface area contributed by atoms with Crippen LogP contribution >= 0.6 is 0 Å². The Kier molecular flexibility index (Phi) is 2.14. The number of carbonyl (C=O) groups excluding carboxylic acids is 1. The highest BCUT2D eigenvalue weighted by Gasteiger charge is 2.48. The zero-order valence-electron chi connectivity index (χ0n) is 7.92. The van der Waals surface area contributed by atoms with E-state index in [2.05, 4.69) is 6.58 Å². The molecule has 0 amide bonds. The normalized spacial score (nSPS) is 37.1. The van der Waals surface area contributed by atoms with Gasteiger partial charge < -0.3 is 4.74 Å². The number of rotatable bonds is 2. The highest BCUT2D eigenvalue weighted by atomic mass is 16.6. The van der Waals surface area contributed by atoms with Crippen molar-refractivity contribution in [3.05, 3.63) is 12.7 Å². The quantitative estimate of drug-likeness (QED) is 0.482. The summed E-state index contributed by atoms with van der Waals surface area (Å²) in [5.41, 5.74) is -0.0920. The molecule has 0 aromatic heterocycles. The Labute approximate surface area is 79.0 Å². The van der Waals surface area contributed by atoms with Gasteiger partial charge in [0, 0.05) is 6.08 Å². The molecule has 0 bridgehead atoms. The number of hydrogen-bond acceptors (Lipinski definition) is 2. The van der Waals surface area contributed by atoms with E-state index in [4.69, 9.17) is 4.74 Å².